The van der Waals surface area contributed by atoms with Gasteiger partial charge in [0.25, 0.3) is 5.91 Å². The Labute approximate surface area is 186 Å². The predicted molar refractivity (Wildman–Crippen MR) is 118 cm³/mol. The molecular formula is C23H26N6O3. The van der Waals surface area contributed by atoms with E-state index in [-0.39, 0.29) is 5.91 Å². The van der Waals surface area contributed by atoms with E-state index in [0.717, 1.165) is 37.4 Å². The first-order valence-corrected chi connectivity index (χ1v) is 10.6. The van der Waals surface area contributed by atoms with Crippen molar-refractivity contribution in [3.8, 4) is 17.3 Å². The van der Waals surface area contributed by atoms with Gasteiger partial charge in [0.05, 0.1) is 23.4 Å². The highest BCUT2D eigenvalue weighted by Gasteiger charge is 2.26. The molecule has 1 amide bonds. The number of aryl methyl sites for hydroxylation is 2. The van der Waals surface area contributed by atoms with Crippen molar-refractivity contribution in [2.24, 2.45) is 13.0 Å². The molecule has 1 aromatic carbocycles. The number of hydrogen-bond acceptors (Lipinski definition) is 7. The minimum atomic E-state index is -0.202. The first kappa shape index (κ1) is 21.6. The van der Waals surface area contributed by atoms with Crippen molar-refractivity contribution in [2.75, 3.05) is 25.1 Å². The van der Waals surface area contributed by atoms with Crippen molar-refractivity contribution in [3.05, 3.63) is 52.9 Å². The molecule has 1 aliphatic rings. The van der Waals surface area contributed by atoms with E-state index in [4.69, 9.17) is 14.5 Å². The molecule has 1 aliphatic heterocycles. The van der Waals surface area contributed by atoms with Crippen molar-refractivity contribution >= 4 is 11.7 Å². The number of aromatic nitrogens is 3. The molecule has 32 heavy (non-hydrogen) atoms. The number of anilines is 1. The van der Waals surface area contributed by atoms with Gasteiger partial charge in [0, 0.05) is 33.4 Å². The Bertz CT molecular complexity index is 1120. The average Bonchev–Trinajstić information content (AvgIpc) is 3.39. The van der Waals surface area contributed by atoms with E-state index in [1.807, 2.05) is 19.2 Å². The Kier molecular flexibility index (Phi) is 6.52. The summed E-state index contributed by atoms with van der Waals surface area (Å²) in [4.78, 5) is 13.0. The summed E-state index contributed by atoms with van der Waals surface area (Å²) in [6.45, 7) is 4.34. The largest absolute Gasteiger partial charge is 0.381 e. The number of carbonyl (C=O) groups excluding carboxylic acids is 1. The highest BCUT2D eigenvalue weighted by Crippen LogP contribution is 2.31. The van der Waals surface area contributed by atoms with Crippen molar-refractivity contribution in [1.29, 1.82) is 5.26 Å². The maximum atomic E-state index is 13.0. The third kappa shape index (κ3) is 4.65. The monoisotopic (exact) mass is 434 g/mol. The normalized spacial score (nSPS) is 14.2. The summed E-state index contributed by atoms with van der Waals surface area (Å²) in [7, 11) is 1.82. The molecule has 1 fully saturated rings. The highest BCUT2D eigenvalue weighted by molar-refractivity contribution is 6.01. The van der Waals surface area contributed by atoms with Gasteiger partial charge >= 0.3 is 0 Å². The molecule has 0 unspecified atom stereocenters. The van der Waals surface area contributed by atoms with Crippen LogP contribution in [0.2, 0.25) is 0 Å². The van der Waals surface area contributed by atoms with Gasteiger partial charge in [-0.2, -0.15) is 10.4 Å². The minimum Gasteiger partial charge on any atom is -0.381 e. The molecule has 0 saturated carbocycles. The van der Waals surface area contributed by atoms with Crippen molar-refractivity contribution in [2.45, 2.75) is 26.3 Å². The molecule has 0 spiro atoms. The fourth-order valence-electron chi connectivity index (χ4n) is 3.80. The lowest BCUT2D eigenvalue weighted by Gasteiger charge is -2.22. The zero-order valence-corrected chi connectivity index (χ0v) is 18.2. The lowest BCUT2D eigenvalue weighted by Crippen LogP contribution is -2.32. The number of nitriles is 1. The number of ether oxygens (including phenoxy) is 1. The maximum Gasteiger partial charge on any atom is 0.257 e. The number of carbonyl (C=O) groups is 1. The quantitative estimate of drug-likeness (QED) is 0.587. The molecule has 2 N–H and O–H groups in total. The van der Waals surface area contributed by atoms with E-state index < -0.39 is 0 Å². The fourth-order valence-corrected chi connectivity index (χ4v) is 3.80. The van der Waals surface area contributed by atoms with E-state index >= 15 is 0 Å². The summed E-state index contributed by atoms with van der Waals surface area (Å²) in [5.74, 6) is 1.40. The van der Waals surface area contributed by atoms with Crippen LogP contribution >= 0.6 is 0 Å². The molecule has 166 valence electrons. The number of hydrogen-bond donors (Lipinski definition) is 2. The molecule has 1 saturated heterocycles. The molecule has 0 bridgehead atoms. The van der Waals surface area contributed by atoms with Crippen LogP contribution in [-0.2, 0) is 18.3 Å². The second kappa shape index (κ2) is 9.66. The van der Waals surface area contributed by atoms with Gasteiger partial charge in [-0.15, -0.1) is 0 Å². The van der Waals surface area contributed by atoms with E-state index in [0.29, 0.717) is 47.2 Å². The summed E-state index contributed by atoms with van der Waals surface area (Å²) in [6, 6.07) is 9.48. The third-order valence-corrected chi connectivity index (χ3v) is 5.72. The molecular weight excluding hydrogens is 408 g/mol. The van der Waals surface area contributed by atoms with Gasteiger partial charge in [0.2, 0.25) is 0 Å². The number of nitrogens with zero attached hydrogens (tertiary/aromatic N) is 4. The summed E-state index contributed by atoms with van der Waals surface area (Å²) in [5.41, 5.74) is 3.20. The lowest BCUT2D eigenvalue weighted by molar-refractivity contribution is 0.0642. The Morgan fingerprint density at radius 3 is 2.75 bits per heavy atom. The van der Waals surface area contributed by atoms with Crippen LogP contribution in [0.3, 0.4) is 0 Å². The average molecular weight is 435 g/mol. The van der Waals surface area contributed by atoms with Gasteiger partial charge in [-0.3, -0.25) is 9.48 Å². The summed E-state index contributed by atoms with van der Waals surface area (Å²) >= 11 is 0. The maximum absolute atomic E-state index is 13.0. The summed E-state index contributed by atoms with van der Waals surface area (Å²) in [6.07, 6.45) is 3.57. The first-order chi connectivity index (χ1) is 15.6. The molecule has 0 atom stereocenters. The van der Waals surface area contributed by atoms with Crippen LogP contribution in [-0.4, -0.2) is 40.6 Å². The van der Waals surface area contributed by atoms with E-state index in [2.05, 4.69) is 27.0 Å². The van der Waals surface area contributed by atoms with Gasteiger partial charge in [-0.05, 0) is 43.4 Å². The van der Waals surface area contributed by atoms with Gasteiger partial charge in [-0.25, -0.2) is 0 Å². The van der Waals surface area contributed by atoms with Gasteiger partial charge in [0.15, 0.2) is 0 Å². The SMILES string of the molecule is Cc1onc(-c2cnn(C)c2NCc2ccc(C#N)cc2)c1C(=O)NCC1CCOCC1. The zero-order valence-electron chi connectivity index (χ0n) is 18.2. The third-order valence-electron chi connectivity index (χ3n) is 5.72. The predicted octanol–water partition coefficient (Wildman–Crippen LogP) is 3.02. The topological polar surface area (TPSA) is 118 Å². The van der Waals surface area contributed by atoms with Crippen molar-refractivity contribution in [1.82, 2.24) is 20.3 Å². The number of benzene rings is 1. The Balaban J connectivity index is 1.51. The van der Waals surface area contributed by atoms with Crippen LogP contribution in [0.5, 0.6) is 0 Å². The van der Waals surface area contributed by atoms with E-state index in [1.165, 1.54) is 0 Å². The lowest BCUT2D eigenvalue weighted by atomic mass is 10.00. The smallest absolute Gasteiger partial charge is 0.257 e. The zero-order chi connectivity index (χ0) is 22.5. The second-order valence-corrected chi connectivity index (χ2v) is 7.92. The summed E-state index contributed by atoms with van der Waals surface area (Å²) in [5, 5.41) is 23.9. The Morgan fingerprint density at radius 2 is 2.03 bits per heavy atom. The highest BCUT2D eigenvalue weighted by atomic mass is 16.5. The second-order valence-electron chi connectivity index (χ2n) is 7.92. The van der Waals surface area contributed by atoms with Crippen LogP contribution in [0.15, 0.2) is 35.0 Å². The van der Waals surface area contributed by atoms with Crippen molar-refractivity contribution < 1.29 is 14.1 Å². The minimum absolute atomic E-state index is 0.202. The molecule has 9 heteroatoms. The molecule has 9 nitrogen and oxygen atoms in total. The van der Waals surface area contributed by atoms with Gasteiger partial charge < -0.3 is 19.9 Å². The first-order valence-electron chi connectivity index (χ1n) is 10.6. The van der Waals surface area contributed by atoms with Crippen LogP contribution in [0.25, 0.3) is 11.3 Å². The van der Waals surface area contributed by atoms with Crippen molar-refractivity contribution in [3.63, 3.8) is 0 Å². The van der Waals surface area contributed by atoms with E-state index in [1.54, 1.807) is 29.9 Å². The van der Waals surface area contributed by atoms with Gasteiger partial charge in [-0.1, -0.05) is 17.3 Å². The molecule has 0 aliphatic carbocycles. The van der Waals surface area contributed by atoms with Gasteiger partial charge in [0.1, 0.15) is 22.8 Å². The van der Waals surface area contributed by atoms with Crippen LogP contribution in [0, 0.1) is 24.2 Å². The molecule has 2 aromatic heterocycles. The Hall–Kier alpha value is -3.64. The molecule has 3 heterocycles. The van der Waals surface area contributed by atoms with E-state index in [9.17, 15) is 4.79 Å². The van der Waals surface area contributed by atoms with Crippen LogP contribution in [0.1, 0.15) is 40.1 Å². The molecule has 4 rings (SSSR count). The molecule has 3 aromatic rings. The van der Waals surface area contributed by atoms with Crippen LogP contribution in [0.4, 0.5) is 5.82 Å². The number of amides is 1. The fraction of sp³-hybridized carbons (Fsp3) is 0.391. The standard InChI is InChI=1S/C23H26N6O3/c1-15-20(23(30)26-13-18-7-9-31-10-8-18)21(28-32-15)19-14-27-29(2)22(19)25-12-17-5-3-16(11-24)4-6-17/h3-6,14,18,25H,7-10,12-13H2,1-2H3,(H,26,30). The Morgan fingerprint density at radius 1 is 1.28 bits per heavy atom. The summed E-state index contributed by atoms with van der Waals surface area (Å²) < 4.78 is 12.5. The number of rotatable bonds is 7. The molecule has 0 radical (unpaired) electrons. The number of nitrogens with one attached hydrogen (secondary N) is 2. The van der Waals surface area contributed by atoms with Crippen LogP contribution < -0.4 is 10.6 Å².